The van der Waals surface area contributed by atoms with E-state index in [0.717, 1.165) is 83.9 Å². The van der Waals surface area contributed by atoms with Crippen LogP contribution in [0.15, 0.2) is 85.5 Å². The maximum Gasteiger partial charge on any atom is 0.231 e. The van der Waals surface area contributed by atoms with Gasteiger partial charge < -0.3 is 40.5 Å². The third-order valence-corrected chi connectivity index (χ3v) is 11.4. The summed E-state index contributed by atoms with van der Waals surface area (Å²) in [5, 5.41) is 12.2. The highest BCUT2D eigenvalue weighted by atomic mass is 16.5. The van der Waals surface area contributed by atoms with Gasteiger partial charge in [0.25, 0.3) is 0 Å². The maximum atomic E-state index is 12.9. The van der Waals surface area contributed by atoms with Crippen LogP contribution in [0.3, 0.4) is 0 Å². The number of rotatable bonds is 15. The Hall–Kier alpha value is -6.46. The van der Waals surface area contributed by atoms with Gasteiger partial charge in [0, 0.05) is 101 Å². The Morgan fingerprint density at radius 3 is 1.75 bits per heavy atom. The molecule has 0 spiro atoms. The van der Waals surface area contributed by atoms with Gasteiger partial charge in [0.2, 0.25) is 35.6 Å². The molecule has 5 heterocycles. The number of aromatic nitrogens is 6. The van der Waals surface area contributed by atoms with Crippen molar-refractivity contribution in [3.8, 4) is 5.75 Å². The van der Waals surface area contributed by atoms with E-state index >= 15 is 0 Å². The molecule has 3 aliphatic rings. The summed E-state index contributed by atoms with van der Waals surface area (Å²) in [6.45, 7) is 13.5. The number of benzene rings is 3. The second-order valence-corrected chi connectivity index (χ2v) is 17.2. The zero-order chi connectivity index (χ0) is 43.6. The number of amides is 2. The average Bonchev–Trinajstić information content (AvgIpc) is 3.80. The van der Waals surface area contributed by atoms with E-state index in [4.69, 9.17) is 9.47 Å². The van der Waals surface area contributed by atoms with Gasteiger partial charge in [-0.3, -0.25) is 14.5 Å². The Morgan fingerprint density at radius 1 is 0.683 bits per heavy atom. The largest absolute Gasteiger partial charge is 0.490 e. The Morgan fingerprint density at radius 2 is 1.22 bits per heavy atom. The van der Waals surface area contributed by atoms with Gasteiger partial charge in [0.15, 0.2) is 0 Å². The highest BCUT2D eigenvalue weighted by molar-refractivity contribution is 5.97. The lowest BCUT2D eigenvalue weighted by molar-refractivity contribution is -0.121. The van der Waals surface area contributed by atoms with Gasteiger partial charge in [-0.15, -0.1) is 0 Å². The first kappa shape index (κ1) is 43.2. The monoisotopic (exact) mass is 855 g/mol. The molecule has 0 radical (unpaired) electrons. The van der Waals surface area contributed by atoms with Crippen molar-refractivity contribution >= 4 is 58.4 Å². The number of nitrogens with one attached hydrogen (secondary N) is 4. The quantitative estimate of drug-likeness (QED) is 0.0888. The van der Waals surface area contributed by atoms with Crippen LogP contribution in [-0.4, -0.2) is 111 Å². The molecule has 330 valence electrons. The summed E-state index contributed by atoms with van der Waals surface area (Å²) in [6.07, 6.45) is 7.46. The van der Waals surface area contributed by atoms with Crippen LogP contribution in [0.4, 0.5) is 46.5 Å². The number of piperidine rings is 1. The summed E-state index contributed by atoms with van der Waals surface area (Å²) >= 11 is 0. The van der Waals surface area contributed by atoms with Crippen LogP contribution in [-0.2, 0) is 19.7 Å². The maximum absolute atomic E-state index is 12.9. The van der Waals surface area contributed by atoms with Gasteiger partial charge in [-0.05, 0) is 72.4 Å². The lowest BCUT2D eigenvalue weighted by atomic mass is 9.87. The van der Waals surface area contributed by atoms with Crippen molar-refractivity contribution in [1.29, 1.82) is 0 Å². The van der Waals surface area contributed by atoms with Crippen molar-refractivity contribution in [3.05, 3.63) is 91.0 Å². The van der Waals surface area contributed by atoms with Crippen LogP contribution in [0.2, 0.25) is 0 Å². The van der Waals surface area contributed by atoms with Crippen LogP contribution in [0.5, 0.6) is 5.75 Å². The first-order valence-electron chi connectivity index (χ1n) is 21.9. The lowest BCUT2D eigenvalue weighted by Gasteiger charge is -2.35. The topological polar surface area (TPSA) is 188 Å². The SMILES string of the molecule is CC(C)(C)c1ccc(OC2CCN(c3ncnc(Nc4cccc(NC(=O)CCC(=O)Nc5cccc(Nc6ncnc(N7CCN(CC8CCCO8)CC7)n6)c5)c4)n3)CC2)cc1. The molecular formula is C46H57N13O4. The molecule has 63 heavy (non-hydrogen) atoms. The Bertz CT molecular complexity index is 2300. The fourth-order valence-corrected chi connectivity index (χ4v) is 7.89. The van der Waals surface area contributed by atoms with Crippen molar-refractivity contribution in [2.45, 2.75) is 76.9 Å². The zero-order valence-electron chi connectivity index (χ0n) is 36.3. The highest BCUT2D eigenvalue weighted by Gasteiger charge is 2.25. The number of anilines is 8. The molecule has 4 N–H and O–H groups in total. The molecule has 2 aromatic heterocycles. The molecule has 3 aromatic carbocycles. The minimum absolute atomic E-state index is 0.000278. The summed E-state index contributed by atoms with van der Waals surface area (Å²) in [7, 11) is 0. The summed E-state index contributed by atoms with van der Waals surface area (Å²) in [5.74, 6) is 2.34. The molecule has 3 fully saturated rings. The molecule has 8 rings (SSSR count). The van der Waals surface area contributed by atoms with Crippen LogP contribution in [0.25, 0.3) is 0 Å². The van der Waals surface area contributed by atoms with Crippen molar-refractivity contribution in [1.82, 2.24) is 34.8 Å². The second kappa shape index (κ2) is 20.2. The van der Waals surface area contributed by atoms with Crippen LogP contribution in [0, 0.1) is 0 Å². The summed E-state index contributed by atoms with van der Waals surface area (Å²) < 4.78 is 12.1. The third-order valence-electron chi connectivity index (χ3n) is 11.4. The second-order valence-electron chi connectivity index (χ2n) is 17.2. The molecule has 3 saturated heterocycles. The number of ether oxygens (including phenoxy) is 2. The summed E-state index contributed by atoms with van der Waals surface area (Å²) in [5.41, 5.74) is 3.94. The number of nitrogens with zero attached hydrogens (tertiary/aromatic N) is 9. The fourth-order valence-electron chi connectivity index (χ4n) is 7.89. The van der Waals surface area contributed by atoms with Crippen LogP contribution < -0.4 is 35.8 Å². The van der Waals surface area contributed by atoms with E-state index in [-0.39, 0.29) is 36.2 Å². The van der Waals surface area contributed by atoms with Crippen LogP contribution >= 0.6 is 0 Å². The molecule has 17 nitrogen and oxygen atoms in total. The molecule has 1 atom stereocenters. The number of hydrogen-bond donors (Lipinski definition) is 4. The summed E-state index contributed by atoms with van der Waals surface area (Å²) in [6, 6.07) is 22.9. The zero-order valence-corrected chi connectivity index (χ0v) is 36.3. The Kier molecular flexibility index (Phi) is 13.8. The number of carbonyl (C=O) groups is 2. The van der Waals surface area contributed by atoms with E-state index in [1.807, 2.05) is 24.3 Å². The van der Waals surface area contributed by atoms with Crippen molar-refractivity contribution < 1.29 is 19.1 Å². The smallest absolute Gasteiger partial charge is 0.231 e. The van der Waals surface area contributed by atoms with Gasteiger partial charge in [-0.25, -0.2) is 19.9 Å². The van der Waals surface area contributed by atoms with Crippen LogP contribution in [0.1, 0.15) is 64.9 Å². The average molecular weight is 856 g/mol. The fraction of sp³-hybridized carbons (Fsp3) is 0.435. The predicted octanol–water partition coefficient (Wildman–Crippen LogP) is 6.55. The number of carbonyl (C=O) groups excluding carboxylic acids is 2. The van der Waals surface area contributed by atoms with Crippen molar-refractivity contribution in [3.63, 3.8) is 0 Å². The molecule has 2 amide bonds. The van der Waals surface area contributed by atoms with E-state index < -0.39 is 0 Å². The molecule has 0 saturated carbocycles. The van der Waals surface area contributed by atoms with Gasteiger partial charge in [-0.1, -0.05) is 45.0 Å². The highest BCUT2D eigenvalue weighted by Crippen LogP contribution is 2.27. The molecule has 3 aliphatic heterocycles. The predicted molar refractivity (Wildman–Crippen MR) is 244 cm³/mol. The van der Waals surface area contributed by atoms with Gasteiger partial charge in [0.05, 0.1) is 6.10 Å². The lowest BCUT2D eigenvalue weighted by Crippen LogP contribution is -2.49. The van der Waals surface area contributed by atoms with Gasteiger partial charge in [0.1, 0.15) is 24.5 Å². The molecule has 17 heteroatoms. The normalized spacial score (nSPS) is 17.3. The number of hydrogen-bond acceptors (Lipinski definition) is 15. The van der Waals surface area contributed by atoms with E-state index in [0.29, 0.717) is 52.6 Å². The van der Waals surface area contributed by atoms with E-state index in [1.165, 1.54) is 18.2 Å². The Labute approximate surface area is 368 Å². The first-order chi connectivity index (χ1) is 30.6. The van der Waals surface area contributed by atoms with Crippen molar-refractivity contribution in [2.24, 2.45) is 0 Å². The van der Waals surface area contributed by atoms with E-state index in [2.05, 4.69) is 111 Å². The van der Waals surface area contributed by atoms with E-state index in [1.54, 1.807) is 24.3 Å². The number of piperazine rings is 1. The minimum atomic E-state index is -0.288. The van der Waals surface area contributed by atoms with Gasteiger partial charge in [-0.2, -0.15) is 9.97 Å². The third kappa shape index (κ3) is 12.3. The minimum Gasteiger partial charge on any atom is -0.490 e. The molecule has 0 bridgehead atoms. The molecule has 0 aliphatic carbocycles. The standard InChI is InChI=1S/C46H57N13O4/c1-46(2,3)32-12-14-37(15-13-32)63-38-18-20-58(21-19-38)44-49-30-47-42(55-44)53-35-9-4-7-33(27-35)51-40(60)16-17-41(61)52-34-8-5-10-36(28-34)54-43-48-31-50-45(56-43)59-24-22-57(23-25-59)29-39-11-6-26-62-39/h4-5,7-10,12-15,27-28,30-31,38-39H,6,11,16-26,29H2,1-3H3,(H,51,60)(H,52,61)(H,47,49,53,55)(H,48,50,54,56). The Balaban J connectivity index is 0.760. The molecule has 1 unspecified atom stereocenters. The van der Waals surface area contributed by atoms with E-state index in [9.17, 15) is 9.59 Å². The van der Waals surface area contributed by atoms with Crippen molar-refractivity contribution in [2.75, 3.05) is 83.5 Å². The first-order valence-corrected chi connectivity index (χ1v) is 21.9. The summed E-state index contributed by atoms with van der Waals surface area (Å²) in [4.78, 5) is 59.4. The molecule has 5 aromatic rings. The molecular weight excluding hydrogens is 799 g/mol. The van der Waals surface area contributed by atoms with Gasteiger partial charge >= 0.3 is 0 Å².